The second kappa shape index (κ2) is 8.12. The van der Waals surface area contributed by atoms with Crippen molar-refractivity contribution in [3.63, 3.8) is 0 Å². The van der Waals surface area contributed by atoms with Crippen molar-refractivity contribution in [2.45, 2.75) is 31.6 Å². The molecule has 2 atom stereocenters. The summed E-state index contributed by atoms with van der Waals surface area (Å²) in [6, 6.07) is 5.03. The van der Waals surface area contributed by atoms with Crippen LogP contribution in [0, 0.1) is 5.82 Å². The fraction of sp³-hybridized carbons (Fsp3) is 0.611. The summed E-state index contributed by atoms with van der Waals surface area (Å²) >= 11 is 0. The van der Waals surface area contributed by atoms with Crippen molar-refractivity contribution in [2.75, 3.05) is 39.8 Å². The lowest BCUT2D eigenvalue weighted by Gasteiger charge is -2.35. The molecule has 3 rings (SSSR count). The Kier molecular flexibility index (Phi) is 5.88. The third kappa shape index (κ3) is 4.29. The zero-order valence-corrected chi connectivity index (χ0v) is 14.6. The van der Waals surface area contributed by atoms with Crippen LogP contribution in [0.3, 0.4) is 0 Å². The molecule has 1 aromatic rings. The number of hydrogen-bond acceptors (Lipinski definition) is 5. The summed E-state index contributed by atoms with van der Waals surface area (Å²) in [5.41, 5.74) is 6.51. The van der Waals surface area contributed by atoms with Crippen molar-refractivity contribution in [1.29, 1.82) is 0 Å². The van der Waals surface area contributed by atoms with Gasteiger partial charge in [-0.15, -0.1) is 0 Å². The molecule has 2 saturated heterocycles. The Morgan fingerprint density at radius 1 is 1.32 bits per heavy atom. The number of benzene rings is 1. The van der Waals surface area contributed by atoms with Gasteiger partial charge < -0.3 is 20.1 Å². The molecule has 1 aromatic carbocycles. The Balaban J connectivity index is 1.48. The topological polar surface area (TPSA) is 68.0 Å². The molecule has 0 unspecified atom stereocenters. The van der Waals surface area contributed by atoms with Gasteiger partial charge in [-0.2, -0.15) is 0 Å². The number of carbonyl (C=O) groups excluding carboxylic acids is 1. The van der Waals surface area contributed by atoms with E-state index in [0.717, 1.165) is 31.5 Å². The quantitative estimate of drug-likeness (QED) is 0.857. The maximum absolute atomic E-state index is 13.8. The van der Waals surface area contributed by atoms with E-state index < -0.39 is 0 Å². The predicted molar refractivity (Wildman–Crippen MR) is 91.8 cm³/mol. The molecule has 0 radical (unpaired) electrons. The van der Waals surface area contributed by atoms with Crippen LogP contribution >= 0.6 is 0 Å². The molecule has 0 bridgehead atoms. The Morgan fingerprint density at radius 2 is 2.08 bits per heavy atom. The van der Waals surface area contributed by atoms with Crippen molar-refractivity contribution < 1.29 is 18.7 Å². The third-order valence-electron chi connectivity index (χ3n) is 4.95. The van der Waals surface area contributed by atoms with Crippen molar-refractivity contribution in [1.82, 2.24) is 9.80 Å². The van der Waals surface area contributed by atoms with E-state index in [0.29, 0.717) is 26.2 Å². The summed E-state index contributed by atoms with van der Waals surface area (Å²) in [6.07, 6.45) is 1.29. The summed E-state index contributed by atoms with van der Waals surface area (Å²) < 4.78 is 24.4. The SMILES string of the molecule is COc1ccc(CN2CCN(C(=O)[C@@H]3CC[C@H](CN)O3)CC2)cc1F. The van der Waals surface area contributed by atoms with E-state index in [1.807, 2.05) is 11.0 Å². The number of rotatable bonds is 5. The molecule has 2 N–H and O–H groups in total. The molecule has 2 aliphatic rings. The molecule has 0 saturated carbocycles. The minimum absolute atomic E-state index is 0.0141. The summed E-state index contributed by atoms with van der Waals surface area (Å²) in [4.78, 5) is 16.6. The molecule has 25 heavy (non-hydrogen) atoms. The van der Waals surface area contributed by atoms with E-state index in [1.165, 1.54) is 13.2 Å². The molecule has 0 spiro atoms. The van der Waals surface area contributed by atoms with E-state index >= 15 is 0 Å². The normalized spacial score (nSPS) is 24.5. The minimum atomic E-state index is -0.346. The standard InChI is InChI=1S/C18H26FN3O3/c1-24-16-4-2-13(10-15(16)19)12-21-6-8-22(9-7-21)18(23)17-5-3-14(11-20)25-17/h2,4,10,14,17H,3,5-9,11-12,20H2,1H3/t14-,17+/m1/s1. The van der Waals surface area contributed by atoms with Crippen LogP contribution in [0.4, 0.5) is 4.39 Å². The van der Waals surface area contributed by atoms with E-state index in [2.05, 4.69) is 4.90 Å². The summed E-state index contributed by atoms with van der Waals surface area (Å²) in [6.45, 7) is 4.02. The van der Waals surface area contributed by atoms with Crippen molar-refractivity contribution in [2.24, 2.45) is 5.73 Å². The third-order valence-corrected chi connectivity index (χ3v) is 4.95. The largest absolute Gasteiger partial charge is 0.494 e. The van der Waals surface area contributed by atoms with E-state index in [4.69, 9.17) is 15.2 Å². The van der Waals surface area contributed by atoms with E-state index in [-0.39, 0.29) is 29.7 Å². The highest BCUT2D eigenvalue weighted by Gasteiger charge is 2.34. The van der Waals surface area contributed by atoms with Gasteiger partial charge >= 0.3 is 0 Å². The molecule has 0 aliphatic carbocycles. The number of carbonyl (C=O) groups is 1. The Labute approximate surface area is 147 Å². The zero-order chi connectivity index (χ0) is 17.8. The van der Waals surface area contributed by atoms with Gasteiger partial charge in [0.05, 0.1) is 13.2 Å². The number of ether oxygens (including phenoxy) is 2. The molecule has 6 nitrogen and oxygen atoms in total. The lowest BCUT2D eigenvalue weighted by atomic mass is 10.1. The van der Waals surface area contributed by atoms with Crippen LogP contribution in [0.1, 0.15) is 18.4 Å². The van der Waals surface area contributed by atoms with Crippen molar-refractivity contribution in [3.8, 4) is 5.75 Å². The van der Waals surface area contributed by atoms with Crippen LogP contribution < -0.4 is 10.5 Å². The Bertz CT molecular complexity index is 605. The van der Waals surface area contributed by atoms with Gasteiger partial charge in [-0.1, -0.05) is 6.07 Å². The zero-order valence-electron chi connectivity index (χ0n) is 14.6. The Morgan fingerprint density at radius 3 is 2.68 bits per heavy atom. The number of piperazine rings is 1. The van der Waals surface area contributed by atoms with E-state index in [9.17, 15) is 9.18 Å². The van der Waals surface area contributed by atoms with E-state index in [1.54, 1.807) is 6.07 Å². The number of amides is 1. The molecule has 2 fully saturated rings. The molecule has 7 heteroatoms. The number of halogens is 1. The molecular formula is C18H26FN3O3. The molecule has 2 aliphatic heterocycles. The van der Waals surface area contributed by atoms with Gasteiger partial charge in [-0.25, -0.2) is 4.39 Å². The minimum Gasteiger partial charge on any atom is -0.494 e. The van der Waals surface area contributed by atoms with Gasteiger partial charge in [0, 0.05) is 39.3 Å². The number of hydrogen-bond donors (Lipinski definition) is 1. The van der Waals surface area contributed by atoms with Crippen molar-refractivity contribution in [3.05, 3.63) is 29.6 Å². The fourth-order valence-corrected chi connectivity index (χ4v) is 3.46. The second-order valence-corrected chi connectivity index (χ2v) is 6.63. The average molecular weight is 351 g/mol. The summed E-state index contributed by atoms with van der Waals surface area (Å²) in [5.74, 6) is -0.0146. The van der Waals surface area contributed by atoms with Crippen LogP contribution in [0.15, 0.2) is 18.2 Å². The van der Waals surface area contributed by atoms with Crippen LogP contribution in [0.5, 0.6) is 5.75 Å². The lowest BCUT2D eigenvalue weighted by Crippen LogP contribution is -2.51. The fourth-order valence-electron chi connectivity index (χ4n) is 3.46. The predicted octanol–water partition coefficient (Wildman–Crippen LogP) is 0.985. The first-order valence-corrected chi connectivity index (χ1v) is 8.79. The molecule has 2 heterocycles. The number of methoxy groups -OCH3 is 1. The van der Waals surface area contributed by atoms with Crippen LogP contribution in [0.2, 0.25) is 0 Å². The smallest absolute Gasteiger partial charge is 0.251 e. The van der Waals surface area contributed by atoms with Crippen LogP contribution in [-0.2, 0) is 16.1 Å². The Hall–Kier alpha value is -1.70. The molecule has 1 amide bonds. The summed E-state index contributed by atoms with van der Waals surface area (Å²) in [5, 5.41) is 0. The maximum atomic E-state index is 13.8. The maximum Gasteiger partial charge on any atom is 0.251 e. The van der Waals surface area contributed by atoms with Crippen molar-refractivity contribution >= 4 is 5.91 Å². The first-order chi connectivity index (χ1) is 12.1. The highest BCUT2D eigenvalue weighted by atomic mass is 19.1. The highest BCUT2D eigenvalue weighted by molar-refractivity contribution is 5.81. The van der Waals surface area contributed by atoms with Gasteiger partial charge in [0.15, 0.2) is 11.6 Å². The molecule has 0 aromatic heterocycles. The first kappa shape index (κ1) is 18.1. The van der Waals surface area contributed by atoms with Crippen LogP contribution in [0.25, 0.3) is 0 Å². The van der Waals surface area contributed by atoms with Gasteiger partial charge in [-0.05, 0) is 30.5 Å². The van der Waals surface area contributed by atoms with Gasteiger partial charge in [0.1, 0.15) is 6.10 Å². The second-order valence-electron chi connectivity index (χ2n) is 6.63. The monoisotopic (exact) mass is 351 g/mol. The van der Waals surface area contributed by atoms with Crippen LogP contribution in [-0.4, -0.2) is 67.7 Å². The lowest BCUT2D eigenvalue weighted by molar-refractivity contribution is -0.144. The highest BCUT2D eigenvalue weighted by Crippen LogP contribution is 2.22. The van der Waals surface area contributed by atoms with Gasteiger partial charge in [0.25, 0.3) is 5.91 Å². The number of nitrogens with two attached hydrogens (primary N) is 1. The molecular weight excluding hydrogens is 325 g/mol. The number of nitrogens with zero attached hydrogens (tertiary/aromatic N) is 2. The summed E-state index contributed by atoms with van der Waals surface area (Å²) in [7, 11) is 1.46. The van der Waals surface area contributed by atoms with Gasteiger partial charge in [-0.3, -0.25) is 9.69 Å². The molecule has 138 valence electrons. The first-order valence-electron chi connectivity index (χ1n) is 8.79. The van der Waals surface area contributed by atoms with Gasteiger partial charge in [0.2, 0.25) is 0 Å². The average Bonchev–Trinajstić information content (AvgIpc) is 3.11.